The van der Waals surface area contributed by atoms with E-state index < -0.39 is 0 Å². The van der Waals surface area contributed by atoms with E-state index in [9.17, 15) is 9.90 Å². The first-order valence-electron chi connectivity index (χ1n) is 6.37. The van der Waals surface area contributed by atoms with Crippen molar-refractivity contribution in [1.29, 1.82) is 0 Å². The SMILES string of the molecule is CC(=O)N1CC[C@H]2[C@H](C)[C@@H](O)CC[C@]2(C)C1. The van der Waals surface area contributed by atoms with Crippen molar-refractivity contribution in [3.63, 3.8) is 0 Å². The van der Waals surface area contributed by atoms with Gasteiger partial charge in [0.2, 0.25) is 5.91 Å². The number of carbonyl (C=O) groups is 1. The summed E-state index contributed by atoms with van der Waals surface area (Å²) in [6.07, 6.45) is 2.85. The van der Waals surface area contributed by atoms with Crippen LogP contribution in [0.25, 0.3) is 0 Å². The van der Waals surface area contributed by atoms with Crippen molar-refractivity contribution >= 4 is 5.91 Å². The second-order valence-corrected chi connectivity index (χ2v) is 5.95. The minimum Gasteiger partial charge on any atom is -0.393 e. The van der Waals surface area contributed by atoms with Gasteiger partial charge >= 0.3 is 0 Å². The molecule has 0 aromatic rings. The second-order valence-electron chi connectivity index (χ2n) is 5.95. The van der Waals surface area contributed by atoms with Crippen molar-refractivity contribution in [3.05, 3.63) is 0 Å². The summed E-state index contributed by atoms with van der Waals surface area (Å²) < 4.78 is 0. The summed E-state index contributed by atoms with van der Waals surface area (Å²) >= 11 is 0. The van der Waals surface area contributed by atoms with Gasteiger partial charge in [-0.1, -0.05) is 13.8 Å². The Hall–Kier alpha value is -0.570. The summed E-state index contributed by atoms with van der Waals surface area (Å²) in [6, 6.07) is 0. The second kappa shape index (κ2) is 4.02. The molecule has 4 atom stereocenters. The van der Waals surface area contributed by atoms with Gasteiger partial charge in [-0.25, -0.2) is 0 Å². The summed E-state index contributed by atoms with van der Waals surface area (Å²) in [4.78, 5) is 13.4. The number of aliphatic hydroxyl groups is 1. The highest BCUT2D eigenvalue weighted by Gasteiger charge is 2.47. The highest BCUT2D eigenvalue weighted by Crippen LogP contribution is 2.48. The fourth-order valence-electron chi connectivity index (χ4n) is 3.72. The quantitative estimate of drug-likeness (QED) is 0.681. The predicted octanol–water partition coefficient (Wildman–Crippen LogP) is 1.65. The van der Waals surface area contributed by atoms with E-state index in [4.69, 9.17) is 0 Å². The van der Waals surface area contributed by atoms with Crippen molar-refractivity contribution in [1.82, 2.24) is 4.90 Å². The molecule has 1 amide bonds. The fourth-order valence-corrected chi connectivity index (χ4v) is 3.72. The van der Waals surface area contributed by atoms with E-state index in [1.54, 1.807) is 6.92 Å². The molecule has 16 heavy (non-hydrogen) atoms. The summed E-state index contributed by atoms with van der Waals surface area (Å²) in [5, 5.41) is 9.93. The highest BCUT2D eigenvalue weighted by atomic mass is 16.3. The summed E-state index contributed by atoms with van der Waals surface area (Å²) in [7, 11) is 0. The molecule has 1 saturated carbocycles. The van der Waals surface area contributed by atoms with Crippen molar-refractivity contribution in [3.8, 4) is 0 Å². The molecule has 0 aromatic carbocycles. The molecule has 3 nitrogen and oxygen atoms in total. The number of amides is 1. The molecule has 2 rings (SSSR count). The minimum atomic E-state index is -0.137. The number of likely N-dealkylation sites (tertiary alicyclic amines) is 1. The molecule has 3 heteroatoms. The van der Waals surface area contributed by atoms with Gasteiger partial charge in [0.1, 0.15) is 0 Å². The van der Waals surface area contributed by atoms with Crippen molar-refractivity contribution < 1.29 is 9.90 Å². The van der Waals surface area contributed by atoms with E-state index in [2.05, 4.69) is 13.8 Å². The molecule has 1 aliphatic heterocycles. The molecule has 1 N–H and O–H groups in total. The van der Waals surface area contributed by atoms with Gasteiger partial charge in [-0.05, 0) is 36.5 Å². The number of rotatable bonds is 0. The lowest BCUT2D eigenvalue weighted by molar-refractivity contribution is -0.138. The van der Waals surface area contributed by atoms with E-state index in [0.29, 0.717) is 11.8 Å². The molecule has 0 aromatic heterocycles. The number of piperidine rings is 1. The maximum absolute atomic E-state index is 11.4. The molecule has 0 unspecified atom stereocenters. The number of carbonyl (C=O) groups excluding carboxylic acids is 1. The minimum absolute atomic E-state index is 0.137. The monoisotopic (exact) mass is 225 g/mol. The highest BCUT2D eigenvalue weighted by molar-refractivity contribution is 5.73. The first-order chi connectivity index (χ1) is 7.44. The van der Waals surface area contributed by atoms with Crippen LogP contribution in [0, 0.1) is 17.3 Å². The van der Waals surface area contributed by atoms with Crippen LogP contribution in [-0.4, -0.2) is 35.1 Å². The predicted molar refractivity (Wildman–Crippen MR) is 62.9 cm³/mol. The Kier molecular flexibility index (Phi) is 2.99. The van der Waals surface area contributed by atoms with Crippen LogP contribution in [0.3, 0.4) is 0 Å². The van der Waals surface area contributed by atoms with Gasteiger partial charge in [0.15, 0.2) is 0 Å². The largest absolute Gasteiger partial charge is 0.393 e. The topological polar surface area (TPSA) is 40.5 Å². The zero-order valence-corrected chi connectivity index (χ0v) is 10.6. The maximum atomic E-state index is 11.4. The number of nitrogens with zero attached hydrogens (tertiary/aromatic N) is 1. The van der Waals surface area contributed by atoms with Crippen molar-refractivity contribution in [2.45, 2.75) is 46.1 Å². The van der Waals surface area contributed by atoms with Crippen LogP contribution in [0.4, 0.5) is 0 Å². The number of hydrogen-bond donors (Lipinski definition) is 1. The lowest BCUT2D eigenvalue weighted by atomic mass is 9.59. The Morgan fingerprint density at radius 2 is 2.12 bits per heavy atom. The first-order valence-corrected chi connectivity index (χ1v) is 6.37. The van der Waals surface area contributed by atoms with Crippen LogP contribution in [0.15, 0.2) is 0 Å². The van der Waals surface area contributed by atoms with Crippen LogP contribution in [-0.2, 0) is 4.79 Å². The molecule has 0 bridgehead atoms. The van der Waals surface area contributed by atoms with E-state index in [1.165, 1.54) is 0 Å². The van der Waals surface area contributed by atoms with E-state index >= 15 is 0 Å². The molecular formula is C13H23NO2. The lowest BCUT2D eigenvalue weighted by Gasteiger charge is -2.53. The Morgan fingerprint density at radius 3 is 2.75 bits per heavy atom. The number of hydrogen-bond acceptors (Lipinski definition) is 2. The molecule has 0 spiro atoms. The molecule has 2 fully saturated rings. The molecule has 1 saturated heterocycles. The number of aliphatic hydroxyl groups excluding tert-OH is 1. The van der Waals surface area contributed by atoms with Crippen LogP contribution in [0.1, 0.15) is 40.0 Å². The summed E-state index contributed by atoms with van der Waals surface area (Å²) in [5.74, 6) is 1.15. The Bertz CT molecular complexity index is 292. The third-order valence-electron chi connectivity index (χ3n) is 4.86. The average Bonchev–Trinajstić information content (AvgIpc) is 2.23. The van der Waals surface area contributed by atoms with Gasteiger partial charge in [-0.15, -0.1) is 0 Å². The van der Waals surface area contributed by atoms with Crippen molar-refractivity contribution in [2.75, 3.05) is 13.1 Å². The molecule has 1 aliphatic carbocycles. The normalized spacial score (nSPS) is 44.0. The van der Waals surface area contributed by atoms with Crippen LogP contribution < -0.4 is 0 Å². The zero-order valence-electron chi connectivity index (χ0n) is 10.6. The maximum Gasteiger partial charge on any atom is 0.219 e. The molecule has 92 valence electrons. The standard InChI is InChI=1S/C13H23NO2/c1-9-11-5-7-14(10(2)15)8-13(11,3)6-4-12(9)16/h9,11-12,16H,4-8H2,1-3H3/t9-,11-,12-,13+/m0/s1. The van der Waals surface area contributed by atoms with E-state index in [1.807, 2.05) is 4.90 Å². The van der Waals surface area contributed by atoms with Crippen LogP contribution in [0.5, 0.6) is 0 Å². The Labute approximate surface area is 97.8 Å². The van der Waals surface area contributed by atoms with Gasteiger partial charge in [0, 0.05) is 20.0 Å². The van der Waals surface area contributed by atoms with E-state index in [-0.39, 0.29) is 17.4 Å². The Balaban J connectivity index is 2.14. The van der Waals surface area contributed by atoms with Crippen molar-refractivity contribution in [2.24, 2.45) is 17.3 Å². The lowest BCUT2D eigenvalue weighted by Crippen LogP contribution is -2.54. The average molecular weight is 225 g/mol. The molecule has 0 radical (unpaired) electrons. The number of fused-ring (bicyclic) bond motifs is 1. The van der Waals surface area contributed by atoms with Gasteiger partial charge in [-0.2, -0.15) is 0 Å². The molecular weight excluding hydrogens is 202 g/mol. The molecule has 1 heterocycles. The van der Waals surface area contributed by atoms with Crippen LogP contribution >= 0.6 is 0 Å². The van der Waals surface area contributed by atoms with E-state index in [0.717, 1.165) is 32.4 Å². The smallest absolute Gasteiger partial charge is 0.219 e. The first kappa shape index (κ1) is 11.9. The fraction of sp³-hybridized carbons (Fsp3) is 0.923. The van der Waals surface area contributed by atoms with Gasteiger partial charge in [0.25, 0.3) is 0 Å². The van der Waals surface area contributed by atoms with Crippen LogP contribution in [0.2, 0.25) is 0 Å². The Morgan fingerprint density at radius 1 is 1.44 bits per heavy atom. The summed E-state index contributed by atoms with van der Waals surface area (Å²) in [6.45, 7) is 7.85. The zero-order chi connectivity index (χ0) is 11.9. The summed E-state index contributed by atoms with van der Waals surface area (Å²) in [5.41, 5.74) is 0.225. The third kappa shape index (κ3) is 1.86. The van der Waals surface area contributed by atoms with Gasteiger partial charge in [-0.3, -0.25) is 4.79 Å². The van der Waals surface area contributed by atoms with Gasteiger partial charge in [0.05, 0.1) is 6.10 Å². The van der Waals surface area contributed by atoms with Gasteiger partial charge < -0.3 is 10.0 Å². The third-order valence-corrected chi connectivity index (χ3v) is 4.86. The molecule has 2 aliphatic rings.